The van der Waals surface area contributed by atoms with Crippen molar-refractivity contribution < 1.29 is 9.32 Å². The smallest absolute Gasteiger partial charge is 0.226 e. The van der Waals surface area contributed by atoms with Crippen LogP contribution in [0.4, 0.5) is 0 Å². The number of carbonyl (C=O) groups excluding carboxylic acids is 1. The van der Waals surface area contributed by atoms with Crippen molar-refractivity contribution in [2.75, 3.05) is 0 Å². The van der Waals surface area contributed by atoms with Gasteiger partial charge in [0.15, 0.2) is 5.82 Å². The Kier molecular flexibility index (Phi) is 4.81. The first kappa shape index (κ1) is 16.3. The van der Waals surface area contributed by atoms with E-state index in [0.717, 1.165) is 12.2 Å². The molecule has 2 saturated carbocycles. The average Bonchev–Trinajstić information content (AvgIpc) is 3.33. The summed E-state index contributed by atoms with van der Waals surface area (Å²) in [5.41, 5.74) is 1.21. The quantitative estimate of drug-likeness (QED) is 0.791. The highest BCUT2D eigenvalue weighted by molar-refractivity contribution is 5.76. The Hall–Kier alpha value is -2.17. The van der Waals surface area contributed by atoms with Gasteiger partial charge < -0.3 is 9.84 Å². The first-order chi connectivity index (χ1) is 12.3. The maximum atomic E-state index is 12.4. The Morgan fingerprint density at radius 2 is 2.00 bits per heavy atom. The minimum atomic E-state index is 0.114. The van der Waals surface area contributed by atoms with Crippen molar-refractivity contribution in [2.24, 2.45) is 5.92 Å². The van der Waals surface area contributed by atoms with Crippen LogP contribution >= 0.6 is 0 Å². The van der Waals surface area contributed by atoms with Gasteiger partial charge in [0.2, 0.25) is 11.8 Å². The Bertz CT molecular complexity index is 705. The largest absolute Gasteiger partial charge is 0.349 e. The molecule has 0 aliphatic heterocycles. The highest BCUT2D eigenvalue weighted by Gasteiger charge is 2.30. The van der Waals surface area contributed by atoms with E-state index in [-0.39, 0.29) is 11.9 Å². The number of carbonyl (C=O) groups is 1. The van der Waals surface area contributed by atoms with Gasteiger partial charge in [0.25, 0.3) is 0 Å². The van der Waals surface area contributed by atoms with E-state index < -0.39 is 0 Å². The zero-order valence-electron chi connectivity index (χ0n) is 14.5. The van der Waals surface area contributed by atoms with Crippen LogP contribution in [0.25, 0.3) is 0 Å². The molecule has 0 bridgehead atoms. The van der Waals surface area contributed by atoms with E-state index in [9.17, 15) is 4.79 Å². The van der Waals surface area contributed by atoms with Crippen molar-refractivity contribution in [1.82, 2.24) is 15.5 Å². The Morgan fingerprint density at radius 1 is 1.20 bits per heavy atom. The second kappa shape index (κ2) is 7.38. The summed E-state index contributed by atoms with van der Waals surface area (Å²) in [5.74, 6) is 2.70. The molecule has 1 aromatic heterocycles. The fourth-order valence-electron chi connectivity index (χ4n) is 3.43. The van der Waals surface area contributed by atoms with Gasteiger partial charge in [-0.25, -0.2) is 0 Å². The molecule has 4 rings (SSSR count). The highest BCUT2D eigenvalue weighted by atomic mass is 16.5. The highest BCUT2D eigenvalue weighted by Crippen LogP contribution is 2.38. The molecule has 1 atom stereocenters. The molecule has 1 heterocycles. The predicted octanol–water partition coefficient (Wildman–Crippen LogP) is 3.93. The number of hydrogen-bond acceptors (Lipinski definition) is 4. The van der Waals surface area contributed by atoms with Crippen molar-refractivity contribution in [3.05, 3.63) is 47.6 Å². The summed E-state index contributed by atoms with van der Waals surface area (Å²) in [6.07, 6.45) is 7.92. The monoisotopic (exact) mass is 339 g/mol. The van der Waals surface area contributed by atoms with Crippen LogP contribution in [0.5, 0.6) is 0 Å². The summed E-state index contributed by atoms with van der Waals surface area (Å²) in [5, 5.41) is 7.27. The molecule has 25 heavy (non-hydrogen) atoms. The van der Waals surface area contributed by atoms with Crippen LogP contribution < -0.4 is 5.32 Å². The van der Waals surface area contributed by atoms with E-state index in [2.05, 4.69) is 27.6 Å². The zero-order chi connectivity index (χ0) is 17.1. The van der Waals surface area contributed by atoms with Crippen LogP contribution in [-0.2, 0) is 11.2 Å². The SMILES string of the molecule is O=C(CCCc1nc(C2CC2)no1)N[C@@H](c1ccccc1)C1CCC1. The summed E-state index contributed by atoms with van der Waals surface area (Å²) in [6, 6.07) is 10.5. The third-order valence-electron chi connectivity index (χ3n) is 5.32. The summed E-state index contributed by atoms with van der Waals surface area (Å²) in [4.78, 5) is 16.8. The van der Waals surface area contributed by atoms with E-state index >= 15 is 0 Å². The molecule has 5 nitrogen and oxygen atoms in total. The molecule has 0 radical (unpaired) electrons. The molecule has 132 valence electrons. The molecule has 0 spiro atoms. The van der Waals surface area contributed by atoms with E-state index in [1.54, 1.807) is 0 Å². The average molecular weight is 339 g/mol. The topological polar surface area (TPSA) is 68.0 Å². The Morgan fingerprint density at radius 3 is 2.68 bits per heavy atom. The fraction of sp³-hybridized carbons (Fsp3) is 0.550. The van der Waals surface area contributed by atoms with Crippen LogP contribution in [-0.4, -0.2) is 16.0 Å². The first-order valence-electron chi connectivity index (χ1n) is 9.46. The maximum Gasteiger partial charge on any atom is 0.226 e. The van der Waals surface area contributed by atoms with Crippen molar-refractivity contribution in [2.45, 2.75) is 63.3 Å². The van der Waals surface area contributed by atoms with E-state index in [4.69, 9.17) is 4.52 Å². The van der Waals surface area contributed by atoms with Crippen LogP contribution in [0.3, 0.4) is 0 Å². The zero-order valence-corrected chi connectivity index (χ0v) is 14.5. The number of rotatable bonds is 8. The number of benzene rings is 1. The summed E-state index contributed by atoms with van der Waals surface area (Å²) < 4.78 is 5.27. The maximum absolute atomic E-state index is 12.4. The van der Waals surface area contributed by atoms with Crippen molar-refractivity contribution in [1.29, 1.82) is 0 Å². The summed E-state index contributed by atoms with van der Waals surface area (Å²) in [6.45, 7) is 0. The molecule has 2 aliphatic carbocycles. The third-order valence-corrected chi connectivity index (χ3v) is 5.32. The fourth-order valence-corrected chi connectivity index (χ4v) is 3.43. The van der Waals surface area contributed by atoms with Gasteiger partial charge in [-0.3, -0.25) is 4.79 Å². The molecule has 1 aromatic carbocycles. The lowest BCUT2D eigenvalue weighted by atomic mass is 9.77. The Labute approximate surface area is 148 Å². The standard InChI is InChI=1S/C20H25N3O2/c24-17(10-5-11-18-22-20(23-25-18)16-12-13-16)21-19(15-8-4-9-15)14-6-2-1-3-7-14/h1-3,6-7,15-16,19H,4-5,8-13H2,(H,21,24)/t19-/m0/s1. The molecule has 1 amide bonds. The van der Waals surface area contributed by atoms with Gasteiger partial charge in [-0.05, 0) is 43.6 Å². The lowest BCUT2D eigenvalue weighted by Crippen LogP contribution is -2.36. The summed E-state index contributed by atoms with van der Waals surface area (Å²) in [7, 11) is 0. The molecule has 5 heteroatoms. The number of aryl methyl sites for hydroxylation is 1. The molecule has 2 aromatic rings. The van der Waals surface area contributed by atoms with Crippen molar-refractivity contribution in [3.8, 4) is 0 Å². The van der Waals surface area contributed by atoms with Gasteiger partial charge in [0, 0.05) is 18.8 Å². The number of hydrogen-bond donors (Lipinski definition) is 1. The molecule has 2 aliphatic rings. The minimum Gasteiger partial charge on any atom is -0.349 e. The van der Waals surface area contributed by atoms with Gasteiger partial charge >= 0.3 is 0 Å². The first-order valence-corrected chi connectivity index (χ1v) is 9.46. The predicted molar refractivity (Wildman–Crippen MR) is 93.9 cm³/mol. The van der Waals surface area contributed by atoms with Crippen molar-refractivity contribution in [3.63, 3.8) is 0 Å². The number of aromatic nitrogens is 2. The van der Waals surface area contributed by atoms with Crippen LogP contribution in [0, 0.1) is 5.92 Å². The van der Waals surface area contributed by atoms with Crippen molar-refractivity contribution >= 4 is 5.91 Å². The lowest BCUT2D eigenvalue weighted by Gasteiger charge is -2.34. The molecule has 1 N–H and O–H groups in total. The molecule has 2 fully saturated rings. The van der Waals surface area contributed by atoms with E-state index in [1.165, 1.54) is 37.7 Å². The van der Waals surface area contributed by atoms with Gasteiger partial charge in [-0.2, -0.15) is 4.98 Å². The minimum absolute atomic E-state index is 0.114. The Balaban J connectivity index is 1.27. The molecule has 0 saturated heterocycles. The normalized spacial score (nSPS) is 18.6. The molecule has 0 unspecified atom stereocenters. The molecular formula is C20H25N3O2. The number of amides is 1. The van der Waals surface area contributed by atoms with Crippen LogP contribution in [0.15, 0.2) is 34.9 Å². The second-order valence-corrected chi connectivity index (χ2v) is 7.32. The van der Waals surface area contributed by atoms with Crippen LogP contribution in [0.2, 0.25) is 0 Å². The van der Waals surface area contributed by atoms with E-state index in [1.807, 2.05) is 18.2 Å². The lowest BCUT2D eigenvalue weighted by molar-refractivity contribution is -0.122. The third kappa shape index (κ3) is 4.09. The number of nitrogens with zero attached hydrogens (tertiary/aromatic N) is 2. The van der Waals surface area contributed by atoms with Gasteiger partial charge in [0.05, 0.1) is 6.04 Å². The van der Waals surface area contributed by atoms with E-state index in [0.29, 0.717) is 30.6 Å². The van der Waals surface area contributed by atoms with Crippen LogP contribution in [0.1, 0.15) is 74.2 Å². The second-order valence-electron chi connectivity index (χ2n) is 7.32. The van der Waals surface area contributed by atoms with Gasteiger partial charge in [-0.1, -0.05) is 41.9 Å². The number of nitrogens with one attached hydrogen (secondary N) is 1. The van der Waals surface area contributed by atoms with Gasteiger partial charge in [0.1, 0.15) is 0 Å². The van der Waals surface area contributed by atoms with Gasteiger partial charge in [-0.15, -0.1) is 0 Å². The molecular weight excluding hydrogens is 314 g/mol. The summed E-state index contributed by atoms with van der Waals surface area (Å²) >= 11 is 0.